The quantitative estimate of drug-likeness (QED) is 0.743. The summed E-state index contributed by atoms with van der Waals surface area (Å²) in [5.41, 5.74) is 0.872. The summed E-state index contributed by atoms with van der Waals surface area (Å²) in [6.45, 7) is 2.43. The van der Waals surface area contributed by atoms with Crippen LogP contribution in [0.15, 0.2) is 29.1 Å². The van der Waals surface area contributed by atoms with Crippen molar-refractivity contribution in [3.63, 3.8) is 0 Å². The van der Waals surface area contributed by atoms with E-state index >= 15 is 0 Å². The smallest absolute Gasteiger partial charge is 0.300 e. The Morgan fingerprint density at radius 1 is 1.26 bits per heavy atom. The lowest BCUT2D eigenvalue weighted by atomic mass is 10.3. The second-order valence-corrected chi connectivity index (χ2v) is 7.09. The summed E-state index contributed by atoms with van der Waals surface area (Å²) in [6.07, 6.45) is 2.09. The number of hydrogen-bond acceptors (Lipinski definition) is 6. The zero-order chi connectivity index (χ0) is 16.2. The van der Waals surface area contributed by atoms with Crippen LogP contribution in [-0.2, 0) is 17.8 Å². The van der Waals surface area contributed by atoms with Gasteiger partial charge in [-0.1, -0.05) is 41.7 Å². The predicted molar refractivity (Wildman–Crippen MR) is 93.2 cm³/mol. The molecule has 0 aliphatic rings. The van der Waals surface area contributed by atoms with Gasteiger partial charge < -0.3 is 5.32 Å². The van der Waals surface area contributed by atoms with E-state index in [9.17, 15) is 9.59 Å². The first-order valence-corrected chi connectivity index (χ1v) is 9.01. The molecule has 3 aromatic rings. The lowest BCUT2D eigenvalue weighted by Crippen LogP contribution is -2.19. The Bertz CT molecular complexity index is 881. The number of nitrogens with one attached hydrogen (secondary N) is 1. The standard InChI is InChI=1S/C15H16N4O2S2/c1-2-5-13-17-18-14(23-13)16-12(20)8-9-19-10-6-3-4-7-11(10)22-15(19)21/h3-4,6-7H,2,5,8-9H2,1H3,(H,16,18,20). The van der Waals surface area contributed by atoms with E-state index in [0.29, 0.717) is 11.7 Å². The van der Waals surface area contributed by atoms with Crippen LogP contribution in [0.25, 0.3) is 10.2 Å². The average molecular weight is 348 g/mol. The molecule has 23 heavy (non-hydrogen) atoms. The number of anilines is 1. The number of thiazole rings is 1. The maximum absolute atomic E-state index is 12.0. The topological polar surface area (TPSA) is 76.9 Å². The first kappa shape index (κ1) is 15.8. The normalized spacial score (nSPS) is 11.0. The Morgan fingerprint density at radius 3 is 2.91 bits per heavy atom. The van der Waals surface area contributed by atoms with Gasteiger partial charge in [-0.3, -0.25) is 14.2 Å². The van der Waals surface area contributed by atoms with Gasteiger partial charge in [0.25, 0.3) is 0 Å². The zero-order valence-electron chi connectivity index (χ0n) is 12.6. The highest BCUT2D eigenvalue weighted by atomic mass is 32.1. The first-order valence-electron chi connectivity index (χ1n) is 7.38. The van der Waals surface area contributed by atoms with Crippen molar-refractivity contribution in [2.75, 3.05) is 5.32 Å². The Morgan fingerprint density at radius 2 is 2.09 bits per heavy atom. The van der Waals surface area contributed by atoms with Gasteiger partial charge in [-0.25, -0.2) is 0 Å². The fraction of sp³-hybridized carbons (Fsp3) is 0.333. The van der Waals surface area contributed by atoms with Crippen LogP contribution in [-0.4, -0.2) is 20.7 Å². The first-order chi connectivity index (χ1) is 11.2. The minimum absolute atomic E-state index is 0.0415. The molecule has 1 N–H and O–H groups in total. The Kier molecular flexibility index (Phi) is 4.82. The average Bonchev–Trinajstić information content (AvgIpc) is 3.09. The summed E-state index contributed by atoms with van der Waals surface area (Å²) in [5.74, 6) is -0.161. The fourth-order valence-electron chi connectivity index (χ4n) is 2.24. The molecule has 0 atom stereocenters. The van der Waals surface area contributed by atoms with E-state index in [4.69, 9.17) is 0 Å². The molecule has 0 bridgehead atoms. The Labute approximate surface area is 140 Å². The number of benzene rings is 1. The zero-order valence-corrected chi connectivity index (χ0v) is 14.2. The molecule has 2 aromatic heterocycles. The van der Waals surface area contributed by atoms with Gasteiger partial charge in [0.05, 0.1) is 10.2 Å². The SMILES string of the molecule is CCCc1nnc(NC(=O)CCn2c(=O)sc3ccccc32)s1. The molecule has 6 nitrogen and oxygen atoms in total. The van der Waals surface area contributed by atoms with Crippen molar-refractivity contribution in [2.24, 2.45) is 0 Å². The maximum atomic E-state index is 12.0. The number of carbonyl (C=O) groups excluding carboxylic acids is 1. The van der Waals surface area contributed by atoms with Gasteiger partial charge in [-0.15, -0.1) is 10.2 Å². The van der Waals surface area contributed by atoms with E-state index < -0.39 is 0 Å². The van der Waals surface area contributed by atoms with Gasteiger partial charge in [-0.2, -0.15) is 0 Å². The monoisotopic (exact) mass is 348 g/mol. The molecule has 0 saturated carbocycles. The molecule has 1 amide bonds. The van der Waals surface area contributed by atoms with Gasteiger partial charge in [0, 0.05) is 19.4 Å². The van der Waals surface area contributed by atoms with Crippen molar-refractivity contribution in [1.29, 1.82) is 0 Å². The van der Waals surface area contributed by atoms with Crippen LogP contribution < -0.4 is 10.2 Å². The second kappa shape index (κ2) is 7.01. The van der Waals surface area contributed by atoms with Crippen LogP contribution in [0.4, 0.5) is 5.13 Å². The summed E-state index contributed by atoms with van der Waals surface area (Å²) in [7, 11) is 0. The molecular weight excluding hydrogens is 332 g/mol. The van der Waals surface area contributed by atoms with E-state index in [2.05, 4.69) is 22.4 Å². The van der Waals surface area contributed by atoms with Gasteiger partial charge in [0.15, 0.2) is 0 Å². The molecule has 0 spiro atoms. The summed E-state index contributed by atoms with van der Waals surface area (Å²) >= 11 is 2.59. The molecule has 0 fully saturated rings. The number of aromatic nitrogens is 3. The van der Waals surface area contributed by atoms with E-state index in [0.717, 1.165) is 28.1 Å². The molecule has 0 radical (unpaired) electrons. The number of rotatable bonds is 6. The summed E-state index contributed by atoms with van der Waals surface area (Å²) < 4.78 is 2.58. The van der Waals surface area contributed by atoms with Crippen LogP contribution in [0.3, 0.4) is 0 Å². The number of aryl methyl sites for hydroxylation is 2. The fourth-order valence-corrected chi connectivity index (χ4v) is 4.01. The molecule has 0 saturated heterocycles. The molecule has 0 aliphatic heterocycles. The van der Waals surface area contributed by atoms with Crippen LogP contribution in [0.5, 0.6) is 0 Å². The minimum Gasteiger partial charge on any atom is -0.300 e. The van der Waals surface area contributed by atoms with Gasteiger partial charge in [0.1, 0.15) is 5.01 Å². The molecule has 8 heteroatoms. The van der Waals surface area contributed by atoms with Gasteiger partial charge >= 0.3 is 4.87 Å². The third kappa shape index (κ3) is 3.65. The molecule has 0 unspecified atom stereocenters. The summed E-state index contributed by atoms with van der Waals surface area (Å²) in [5, 5.41) is 12.2. The minimum atomic E-state index is -0.161. The number of para-hydroxylation sites is 1. The van der Waals surface area contributed by atoms with E-state index in [-0.39, 0.29) is 17.2 Å². The third-order valence-corrected chi connectivity index (χ3v) is 5.17. The largest absolute Gasteiger partial charge is 0.308 e. The van der Waals surface area contributed by atoms with E-state index in [1.807, 2.05) is 24.3 Å². The van der Waals surface area contributed by atoms with Crippen molar-refractivity contribution in [3.05, 3.63) is 38.9 Å². The van der Waals surface area contributed by atoms with Crippen molar-refractivity contribution in [1.82, 2.24) is 14.8 Å². The molecular formula is C15H16N4O2S2. The second-order valence-electron chi connectivity index (χ2n) is 5.04. The van der Waals surface area contributed by atoms with E-state index in [1.165, 1.54) is 22.7 Å². The highest BCUT2D eigenvalue weighted by molar-refractivity contribution is 7.16. The number of amides is 1. The predicted octanol–water partition coefficient (Wildman–Crippen LogP) is 2.90. The number of nitrogens with zero attached hydrogens (tertiary/aromatic N) is 3. The maximum Gasteiger partial charge on any atom is 0.308 e. The highest BCUT2D eigenvalue weighted by Gasteiger charge is 2.11. The summed E-state index contributed by atoms with van der Waals surface area (Å²) in [4.78, 5) is 24.0. The molecule has 2 heterocycles. The number of carbonyl (C=O) groups is 1. The van der Waals surface area contributed by atoms with Crippen LogP contribution in [0.2, 0.25) is 0 Å². The Hall–Kier alpha value is -2.06. The molecule has 3 rings (SSSR count). The van der Waals surface area contributed by atoms with Gasteiger partial charge in [0.2, 0.25) is 11.0 Å². The highest BCUT2D eigenvalue weighted by Crippen LogP contribution is 2.18. The van der Waals surface area contributed by atoms with Crippen molar-refractivity contribution < 1.29 is 4.79 Å². The van der Waals surface area contributed by atoms with Crippen LogP contribution in [0, 0.1) is 0 Å². The van der Waals surface area contributed by atoms with Crippen molar-refractivity contribution >= 4 is 43.9 Å². The summed E-state index contributed by atoms with van der Waals surface area (Å²) in [6, 6.07) is 7.60. The lowest BCUT2D eigenvalue weighted by molar-refractivity contribution is -0.116. The van der Waals surface area contributed by atoms with Gasteiger partial charge in [-0.05, 0) is 18.6 Å². The Balaban J connectivity index is 1.64. The molecule has 0 aliphatic carbocycles. The number of fused-ring (bicyclic) bond motifs is 1. The van der Waals surface area contributed by atoms with E-state index in [1.54, 1.807) is 4.57 Å². The molecule has 120 valence electrons. The van der Waals surface area contributed by atoms with Crippen LogP contribution in [0.1, 0.15) is 24.8 Å². The third-order valence-electron chi connectivity index (χ3n) is 3.31. The van der Waals surface area contributed by atoms with Crippen LogP contribution >= 0.6 is 22.7 Å². The van der Waals surface area contributed by atoms with Crippen molar-refractivity contribution in [3.8, 4) is 0 Å². The number of hydrogen-bond donors (Lipinski definition) is 1. The molecule has 1 aromatic carbocycles. The van der Waals surface area contributed by atoms with Crippen molar-refractivity contribution in [2.45, 2.75) is 32.7 Å². The lowest BCUT2D eigenvalue weighted by Gasteiger charge is -2.03.